The zero-order valence-corrected chi connectivity index (χ0v) is 34.4. The third-order valence-corrected chi connectivity index (χ3v) is 12.4. The first-order valence-corrected chi connectivity index (χ1v) is 21.5. The number of fused-ring (bicyclic) bond motifs is 6. The Kier molecular flexibility index (Phi) is 8.86. The predicted molar refractivity (Wildman–Crippen MR) is 263 cm³/mol. The summed E-state index contributed by atoms with van der Waals surface area (Å²) in [5, 5.41) is 9.82. The van der Waals surface area contributed by atoms with Crippen molar-refractivity contribution in [3.8, 4) is 39.2 Å². The quantitative estimate of drug-likeness (QED) is 0.163. The molecule has 0 bridgehead atoms. The molecule has 4 nitrogen and oxygen atoms in total. The van der Waals surface area contributed by atoms with Crippen LogP contribution in [0.2, 0.25) is 0 Å². The predicted octanol–water partition coefficient (Wildman–Crippen LogP) is 14.6. The Bertz CT molecular complexity index is 3530. The number of allylic oxidation sites excluding steroid dienone is 1. The van der Waals surface area contributed by atoms with Gasteiger partial charge in [0, 0.05) is 38.7 Å². The van der Waals surface area contributed by atoms with E-state index in [9.17, 15) is 0 Å². The third-order valence-electron chi connectivity index (χ3n) is 12.4. The zero-order valence-electron chi connectivity index (χ0n) is 34.4. The van der Waals surface area contributed by atoms with E-state index in [1.165, 1.54) is 43.7 Å². The highest BCUT2D eigenvalue weighted by atomic mass is 15.1. The van der Waals surface area contributed by atoms with Crippen molar-refractivity contribution in [1.82, 2.24) is 14.9 Å². The Morgan fingerprint density at radius 2 is 0.984 bits per heavy atom. The molecule has 0 spiro atoms. The standard InChI is InChI=1S/C59H40N4/c1-4-18-39(19-5-1)51-37-52(40-20-6-2-7-21-40)60-55-36-50(46-28-10-11-31-49(46)58(51)55)42-24-16-25-43(34-42)53-38-54(62-59(61-53)41-22-8-3-9-23-41)44-26-17-27-45(35-44)63-56-32-14-12-29-47(56)48-30-13-15-33-57(48)63/h1-38,59,62H. The number of hydrogen-bond donors (Lipinski definition) is 1. The van der Waals surface area contributed by atoms with Crippen LogP contribution in [0.5, 0.6) is 0 Å². The number of nitrogens with one attached hydrogen (secondary N) is 1. The highest BCUT2D eigenvalue weighted by Gasteiger charge is 2.22. The molecular weight excluding hydrogens is 765 g/mol. The molecule has 12 rings (SSSR count). The highest BCUT2D eigenvalue weighted by Crippen LogP contribution is 2.41. The molecule has 63 heavy (non-hydrogen) atoms. The van der Waals surface area contributed by atoms with Crippen LogP contribution in [0.3, 0.4) is 0 Å². The van der Waals surface area contributed by atoms with Crippen LogP contribution in [0, 0.1) is 0 Å². The molecule has 4 heteroatoms. The first kappa shape index (κ1) is 36.5. The topological polar surface area (TPSA) is 42.2 Å². The van der Waals surface area contributed by atoms with E-state index in [2.05, 4.69) is 240 Å². The van der Waals surface area contributed by atoms with Crippen molar-refractivity contribution in [3.05, 3.63) is 247 Å². The maximum atomic E-state index is 5.40. The van der Waals surface area contributed by atoms with Crippen LogP contribution >= 0.6 is 0 Å². The van der Waals surface area contributed by atoms with E-state index in [-0.39, 0.29) is 6.17 Å². The van der Waals surface area contributed by atoms with Crippen molar-refractivity contribution in [1.29, 1.82) is 0 Å². The van der Waals surface area contributed by atoms with Gasteiger partial charge in [0.05, 0.1) is 28.0 Å². The number of aromatic nitrogens is 2. The van der Waals surface area contributed by atoms with Gasteiger partial charge in [-0.1, -0.05) is 182 Å². The minimum absolute atomic E-state index is 0.278. The van der Waals surface area contributed by atoms with E-state index in [0.29, 0.717) is 0 Å². The van der Waals surface area contributed by atoms with E-state index in [4.69, 9.17) is 9.98 Å². The second-order valence-electron chi connectivity index (χ2n) is 16.2. The van der Waals surface area contributed by atoms with Crippen LogP contribution in [-0.4, -0.2) is 15.3 Å². The second kappa shape index (κ2) is 15.3. The zero-order chi connectivity index (χ0) is 41.7. The molecule has 0 saturated carbocycles. The first-order chi connectivity index (χ1) is 31.2. The van der Waals surface area contributed by atoms with Gasteiger partial charge in [0.25, 0.3) is 0 Å². The van der Waals surface area contributed by atoms with Gasteiger partial charge < -0.3 is 9.88 Å². The molecule has 0 aliphatic carbocycles. The molecule has 0 radical (unpaired) electrons. The fraction of sp³-hybridized carbons (Fsp3) is 0.0169. The van der Waals surface area contributed by atoms with Crippen molar-refractivity contribution in [2.24, 2.45) is 4.99 Å². The highest BCUT2D eigenvalue weighted by molar-refractivity contribution is 6.19. The van der Waals surface area contributed by atoms with Crippen LogP contribution in [0.1, 0.15) is 22.9 Å². The summed E-state index contributed by atoms with van der Waals surface area (Å²) < 4.78 is 2.37. The Hall–Kier alpha value is -8.34. The fourth-order valence-corrected chi connectivity index (χ4v) is 9.46. The third kappa shape index (κ3) is 6.48. The summed E-state index contributed by atoms with van der Waals surface area (Å²) in [6.45, 7) is 0. The van der Waals surface area contributed by atoms with Gasteiger partial charge in [0.1, 0.15) is 6.17 Å². The monoisotopic (exact) mass is 804 g/mol. The Balaban J connectivity index is 1.01. The molecule has 296 valence electrons. The first-order valence-electron chi connectivity index (χ1n) is 21.5. The summed E-state index contributed by atoms with van der Waals surface area (Å²) >= 11 is 0. The van der Waals surface area contributed by atoms with E-state index in [0.717, 1.165) is 67.1 Å². The lowest BCUT2D eigenvalue weighted by atomic mass is 9.89. The largest absolute Gasteiger partial charge is 0.360 e. The summed E-state index contributed by atoms with van der Waals surface area (Å²) in [5.74, 6) is 0. The minimum Gasteiger partial charge on any atom is -0.360 e. The van der Waals surface area contributed by atoms with E-state index in [1.807, 2.05) is 0 Å². The molecule has 9 aromatic carbocycles. The SMILES string of the molecule is C1=C(c2cccc(-n3c4ccccc4c4ccccc43)c2)NC(c2ccccc2)N=C1c1cccc(-c2cc3nc(-c4ccccc4)cc(-c4ccccc4)c3c3ccccc23)c1. The van der Waals surface area contributed by atoms with Crippen LogP contribution in [0.25, 0.3) is 88.4 Å². The fourth-order valence-electron chi connectivity index (χ4n) is 9.46. The number of benzene rings is 9. The molecule has 0 fully saturated rings. The van der Waals surface area contributed by atoms with Crippen LogP contribution < -0.4 is 5.32 Å². The lowest BCUT2D eigenvalue weighted by molar-refractivity contribution is 0.664. The molecular formula is C59H40N4. The molecule has 1 atom stereocenters. The minimum atomic E-state index is -0.278. The summed E-state index contributed by atoms with van der Waals surface area (Å²) in [5.41, 5.74) is 16.2. The molecule has 3 heterocycles. The normalized spacial score (nSPS) is 13.9. The van der Waals surface area contributed by atoms with Crippen molar-refractivity contribution in [3.63, 3.8) is 0 Å². The van der Waals surface area contributed by atoms with Crippen LogP contribution in [-0.2, 0) is 0 Å². The number of pyridine rings is 1. The number of hydrogen-bond acceptors (Lipinski definition) is 3. The Morgan fingerprint density at radius 1 is 0.413 bits per heavy atom. The number of para-hydroxylation sites is 2. The molecule has 1 N–H and O–H groups in total. The van der Waals surface area contributed by atoms with Gasteiger partial charge in [0.15, 0.2) is 0 Å². The van der Waals surface area contributed by atoms with E-state index in [1.54, 1.807) is 0 Å². The molecule has 11 aromatic rings. The van der Waals surface area contributed by atoms with Crippen molar-refractivity contribution in [2.75, 3.05) is 0 Å². The Morgan fingerprint density at radius 3 is 1.71 bits per heavy atom. The Labute approximate surface area is 365 Å². The smallest absolute Gasteiger partial charge is 0.145 e. The maximum Gasteiger partial charge on any atom is 0.145 e. The van der Waals surface area contributed by atoms with Crippen molar-refractivity contribution < 1.29 is 0 Å². The average Bonchev–Trinajstić information content (AvgIpc) is 3.71. The lowest BCUT2D eigenvalue weighted by Gasteiger charge is -2.25. The summed E-state index contributed by atoms with van der Waals surface area (Å²) in [7, 11) is 0. The van der Waals surface area contributed by atoms with E-state index >= 15 is 0 Å². The van der Waals surface area contributed by atoms with Gasteiger partial charge in [-0.25, -0.2) is 4.98 Å². The van der Waals surface area contributed by atoms with Crippen LogP contribution in [0.15, 0.2) is 236 Å². The second-order valence-corrected chi connectivity index (χ2v) is 16.2. The van der Waals surface area contributed by atoms with Crippen molar-refractivity contribution >= 4 is 54.9 Å². The molecule has 2 aromatic heterocycles. The summed E-state index contributed by atoms with van der Waals surface area (Å²) in [6.07, 6.45) is 1.93. The van der Waals surface area contributed by atoms with E-state index < -0.39 is 0 Å². The summed E-state index contributed by atoms with van der Waals surface area (Å²) in [6, 6.07) is 80.0. The van der Waals surface area contributed by atoms with Crippen molar-refractivity contribution in [2.45, 2.75) is 6.17 Å². The number of nitrogens with zero attached hydrogens (tertiary/aromatic N) is 3. The molecule has 1 unspecified atom stereocenters. The van der Waals surface area contributed by atoms with Gasteiger partial charge >= 0.3 is 0 Å². The van der Waals surface area contributed by atoms with Gasteiger partial charge in [-0.05, 0) is 92.7 Å². The van der Waals surface area contributed by atoms with Crippen LogP contribution in [0.4, 0.5) is 0 Å². The molecule has 1 aliphatic heterocycles. The summed E-state index contributed by atoms with van der Waals surface area (Å²) in [4.78, 5) is 10.8. The van der Waals surface area contributed by atoms with Gasteiger partial charge in [-0.3, -0.25) is 4.99 Å². The van der Waals surface area contributed by atoms with Gasteiger partial charge in [-0.2, -0.15) is 0 Å². The number of rotatable bonds is 7. The number of aliphatic imine (C=N–C) groups is 1. The molecule has 0 saturated heterocycles. The van der Waals surface area contributed by atoms with Gasteiger partial charge in [-0.15, -0.1) is 0 Å². The average molecular weight is 805 g/mol. The molecule has 0 amide bonds. The lowest BCUT2D eigenvalue weighted by Crippen LogP contribution is -2.25. The maximum absolute atomic E-state index is 5.40. The van der Waals surface area contributed by atoms with Gasteiger partial charge in [0.2, 0.25) is 0 Å². The molecule has 1 aliphatic rings.